The highest BCUT2D eigenvalue weighted by Gasteiger charge is 1.85. The third kappa shape index (κ3) is 5.64. The SMILES string of the molecule is C=C/C(C)=C(/Cl)C=C.CC. The van der Waals surface area contributed by atoms with Gasteiger partial charge in [0.2, 0.25) is 0 Å². The van der Waals surface area contributed by atoms with Crippen molar-refractivity contribution >= 4 is 11.6 Å². The van der Waals surface area contributed by atoms with Crippen molar-refractivity contribution in [3.63, 3.8) is 0 Å². The molecule has 0 aliphatic heterocycles. The predicted octanol–water partition coefficient (Wildman–Crippen LogP) is 3.90. The lowest BCUT2D eigenvalue weighted by Gasteiger charge is -1.89. The Hall–Kier alpha value is -0.490. The van der Waals surface area contributed by atoms with Gasteiger partial charge in [-0.25, -0.2) is 0 Å². The first kappa shape index (κ1) is 12.2. The van der Waals surface area contributed by atoms with Crippen LogP contribution >= 0.6 is 11.6 Å². The van der Waals surface area contributed by atoms with E-state index in [1.165, 1.54) is 0 Å². The van der Waals surface area contributed by atoms with Gasteiger partial charge >= 0.3 is 0 Å². The normalized spacial score (nSPS) is 10.4. The Balaban J connectivity index is 0. The highest BCUT2D eigenvalue weighted by Crippen LogP contribution is 2.09. The first-order valence-corrected chi connectivity index (χ1v) is 3.71. The van der Waals surface area contributed by atoms with Crippen molar-refractivity contribution in [1.82, 2.24) is 0 Å². The largest absolute Gasteiger partial charge is 0.0987 e. The van der Waals surface area contributed by atoms with Crippen molar-refractivity contribution in [2.75, 3.05) is 0 Å². The maximum atomic E-state index is 5.61. The Labute approximate surface area is 68.9 Å². The number of rotatable bonds is 2. The van der Waals surface area contributed by atoms with E-state index >= 15 is 0 Å². The Morgan fingerprint density at radius 2 is 1.60 bits per heavy atom. The number of allylic oxidation sites excluding steroid dienone is 4. The lowest BCUT2D eigenvalue weighted by Crippen LogP contribution is -1.68. The molecule has 0 nitrogen and oxygen atoms in total. The van der Waals surface area contributed by atoms with Gasteiger partial charge in [-0.2, -0.15) is 0 Å². The van der Waals surface area contributed by atoms with Gasteiger partial charge in [0, 0.05) is 5.03 Å². The summed E-state index contributed by atoms with van der Waals surface area (Å²) in [7, 11) is 0. The summed E-state index contributed by atoms with van der Waals surface area (Å²) in [4.78, 5) is 0. The van der Waals surface area contributed by atoms with Crippen molar-refractivity contribution in [1.29, 1.82) is 0 Å². The third-order valence-electron chi connectivity index (χ3n) is 0.862. The molecule has 0 N–H and O–H groups in total. The number of hydrogen-bond donors (Lipinski definition) is 0. The second-order valence-corrected chi connectivity index (χ2v) is 1.85. The van der Waals surface area contributed by atoms with Gasteiger partial charge in [0.1, 0.15) is 0 Å². The molecule has 1 heteroatoms. The van der Waals surface area contributed by atoms with E-state index in [0.717, 1.165) is 5.57 Å². The molecule has 58 valence electrons. The van der Waals surface area contributed by atoms with Crippen LogP contribution in [0.4, 0.5) is 0 Å². The summed E-state index contributed by atoms with van der Waals surface area (Å²) in [5, 5.41) is 0.667. The van der Waals surface area contributed by atoms with E-state index in [-0.39, 0.29) is 0 Å². The Kier molecular flexibility index (Phi) is 10.4. The van der Waals surface area contributed by atoms with Gasteiger partial charge in [0.05, 0.1) is 0 Å². The van der Waals surface area contributed by atoms with E-state index in [1.807, 2.05) is 20.8 Å². The maximum absolute atomic E-state index is 5.61. The lowest BCUT2D eigenvalue weighted by molar-refractivity contribution is 1.50. The molecule has 0 radical (unpaired) electrons. The minimum atomic E-state index is 0.667. The zero-order chi connectivity index (χ0) is 8.57. The second-order valence-electron chi connectivity index (χ2n) is 1.44. The van der Waals surface area contributed by atoms with Crippen LogP contribution in [0.2, 0.25) is 0 Å². The summed E-state index contributed by atoms with van der Waals surface area (Å²) in [6, 6.07) is 0. The molecule has 0 fully saturated rings. The van der Waals surface area contributed by atoms with E-state index in [9.17, 15) is 0 Å². The molecule has 0 aromatic rings. The van der Waals surface area contributed by atoms with E-state index in [0.29, 0.717) is 5.03 Å². The molecule has 0 spiro atoms. The molecule has 0 aliphatic rings. The second kappa shape index (κ2) is 8.51. The zero-order valence-corrected chi connectivity index (χ0v) is 7.70. The highest BCUT2D eigenvalue weighted by molar-refractivity contribution is 6.31. The molecule has 0 aromatic carbocycles. The maximum Gasteiger partial charge on any atom is 0.0429 e. The van der Waals surface area contributed by atoms with E-state index in [2.05, 4.69) is 13.2 Å². The molecule has 0 heterocycles. The van der Waals surface area contributed by atoms with E-state index in [1.54, 1.807) is 12.2 Å². The summed E-state index contributed by atoms with van der Waals surface area (Å²) in [5.74, 6) is 0. The van der Waals surface area contributed by atoms with Crippen molar-refractivity contribution in [3.05, 3.63) is 35.9 Å². The highest BCUT2D eigenvalue weighted by atomic mass is 35.5. The number of halogens is 1. The Morgan fingerprint density at radius 3 is 1.70 bits per heavy atom. The predicted molar refractivity (Wildman–Crippen MR) is 50.3 cm³/mol. The van der Waals surface area contributed by atoms with Gasteiger partial charge in [-0.3, -0.25) is 0 Å². The van der Waals surface area contributed by atoms with Crippen LogP contribution < -0.4 is 0 Å². The average molecular weight is 159 g/mol. The van der Waals surface area contributed by atoms with Crippen LogP contribution in [0.25, 0.3) is 0 Å². The topological polar surface area (TPSA) is 0 Å². The average Bonchev–Trinajstić information content (AvgIpc) is 2.05. The van der Waals surface area contributed by atoms with Gasteiger partial charge in [-0.05, 0) is 12.5 Å². The summed E-state index contributed by atoms with van der Waals surface area (Å²) in [6.07, 6.45) is 3.29. The lowest BCUT2D eigenvalue weighted by atomic mass is 10.3. The van der Waals surface area contributed by atoms with Gasteiger partial charge < -0.3 is 0 Å². The molecular formula is C9H15Cl. The third-order valence-corrected chi connectivity index (χ3v) is 1.31. The van der Waals surface area contributed by atoms with Crippen LogP contribution in [0, 0.1) is 0 Å². The molecule has 0 rings (SSSR count). The standard InChI is InChI=1S/C7H9Cl.C2H6/c1-4-6(3)7(8)5-2;1-2/h4-5H,1-2H2,3H3;1-2H3/b7-6+;. The van der Waals surface area contributed by atoms with Crippen molar-refractivity contribution in [2.24, 2.45) is 0 Å². The minimum Gasteiger partial charge on any atom is -0.0987 e. The first-order chi connectivity index (χ1) is 4.72. The fraction of sp³-hybridized carbons (Fsp3) is 0.333. The first-order valence-electron chi connectivity index (χ1n) is 3.33. The molecule has 0 bridgehead atoms. The summed E-state index contributed by atoms with van der Waals surface area (Å²) in [5.41, 5.74) is 0.960. The van der Waals surface area contributed by atoms with Gasteiger partial charge in [0.25, 0.3) is 0 Å². The monoisotopic (exact) mass is 158 g/mol. The fourth-order valence-electron chi connectivity index (χ4n) is 0.258. The number of hydrogen-bond acceptors (Lipinski definition) is 0. The minimum absolute atomic E-state index is 0.667. The summed E-state index contributed by atoms with van der Waals surface area (Å²) >= 11 is 5.61. The van der Waals surface area contributed by atoms with E-state index < -0.39 is 0 Å². The van der Waals surface area contributed by atoms with Gasteiger partial charge in [-0.15, -0.1) is 0 Å². The molecule has 0 unspecified atom stereocenters. The van der Waals surface area contributed by atoms with Crippen molar-refractivity contribution in [3.8, 4) is 0 Å². The molecule has 0 aromatic heterocycles. The Morgan fingerprint density at radius 1 is 1.20 bits per heavy atom. The fourth-order valence-corrected chi connectivity index (χ4v) is 0.336. The zero-order valence-electron chi connectivity index (χ0n) is 6.95. The quantitative estimate of drug-likeness (QED) is 0.535. The smallest absolute Gasteiger partial charge is 0.0429 e. The molecule has 0 saturated carbocycles. The van der Waals surface area contributed by atoms with Gasteiger partial charge in [0.15, 0.2) is 0 Å². The van der Waals surface area contributed by atoms with Crippen molar-refractivity contribution in [2.45, 2.75) is 20.8 Å². The van der Waals surface area contributed by atoms with Crippen LogP contribution in [-0.4, -0.2) is 0 Å². The van der Waals surface area contributed by atoms with E-state index in [4.69, 9.17) is 11.6 Å². The van der Waals surface area contributed by atoms with Crippen LogP contribution in [0.3, 0.4) is 0 Å². The molecule has 0 saturated heterocycles. The summed E-state index contributed by atoms with van der Waals surface area (Å²) in [6.45, 7) is 12.9. The van der Waals surface area contributed by atoms with Crippen molar-refractivity contribution < 1.29 is 0 Å². The van der Waals surface area contributed by atoms with Crippen LogP contribution in [0.1, 0.15) is 20.8 Å². The molecule has 10 heavy (non-hydrogen) atoms. The van der Waals surface area contributed by atoms with Gasteiger partial charge in [-0.1, -0.05) is 50.8 Å². The summed E-state index contributed by atoms with van der Waals surface area (Å²) < 4.78 is 0. The van der Waals surface area contributed by atoms with Crippen LogP contribution in [-0.2, 0) is 0 Å². The molecule has 0 atom stereocenters. The Bertz CT molecular complexity index is 116. The van der Waals surface area contributed by atoms with Crippen LogP contribution in [0.15, 0.2) is 35.9 Å². The van der Waals surface area contributed by atoms with Crippen LogP contribution in [0.5, 0.6) is 0 Å². The molecular weight excluding hydrogens is 144 g/mol. The molecule has 0 amide bonds. The molecule has 0 aliphatic carbocycles.